The van der Waals surface area contributed by atoms with Crippen LogP contribution >= 0.6 is 56.9 Å². The standard InChI is InChI=1S/C24H22I2N2O7S/c1-3-33-16-7-5-15(6-8-16)27-20(29)12-28-23(31)19(36-24(28)32)11-14-9-17(25)22(18(26)10-14)35-13-21(30)34-4-2/h5-11H,3-4,12-13H2,1-2H3,(H,27,29)/b19-11+. The minimum absolute atomic E-state index is 0.209. The molecule has 0 saturated carbocycles. The van der Waals surface area contributed by atoms with Gasteiger partial charge < -0.3 is 19.5 Å². The van der Waals surface area contributed by atoms with Crippen molar-refractivity contribution in [2.24, 2.45) is 0 Å². The molecule has 3 rings (SSSR count). The number of rotatable bonds is 10. The third-order valence-corrected chi connectivity index (χ3v) is 7.09. The van der Waals surface area contributed by atoms with Crippen LogP contribution in [0.25, 0.3) is 6.08 Å². The van der Waals surface area contributed by atoms with Crippen LogP contribution in [-0.4, -0.2) is 54.3 Å². The van der Waals surface area contributed by atoms with E-state index in [9.17, 15) is 19.2 Å². The zero-order valence-electron chi connectivity index (χ0n) is 19.3. The van der Waals surface area contributed by atoms with Gasteiger partial charge >= 0.3 is 5.97 Å². The van der Waals surface area contributed by atoms with Crippen LogP contribution in [0.2, 0.25) is 0 Å². The zero-order chi connectivity index (χ0) is 26.2. The second-order valence-electron chi connectivity index (χ2n) is 7.18. The fourth-order valence-corrected chi connectivity index (χ4v) is 6.03. The lowest BCUT2D eigenvalue weighted by molar-refractivity contribution is -0.145. The number of carbonyl (C=O) groups is 4. The van der Waals surface area contributed by atoms with Crippen LogP contribution in [0.4, 0.5) is 10.5 Å². The third-order valence-electron chi connectivity index (χ3n) is 4.58. The predicted octanol–water partition coefficient (Wildman–Crippen LogP) is 4.91. The molecule has 36 heavy (non-hydrogen) atoms. The molecule has 0 radical (unpaired) electrons. The van der Waals surface area contributed by atoms with Crippen molar-refractivity contribution < 1.29 is 33.4 Å². The van der Waals surface area contributed by atoms with Gasteiger partial charge in [-0.2, -0.15) is 0 Å². The molecule has 0 unspecified atom stereocenters. The first-order valence-electron chi connectivity index (χ1n) is 10.8. The highest BCUT2D eigenvalue weighted by atomic mass is 127. The average molecular weight is 736 g/mol. The summed E-state index contributed by atoms with van der Waals surface area (Å²) < 4.78 is 17.3. The summed E-state index contributed by atoms with van der Waals surface area (Å²) in [5.74, 6) is -0.294. The van der Waals surface area contributed by atoms with Crippen molar-refractivity contribution in [3.05, 3.63) is 54.0 Å². The minimum Gasteiger partial charge on any atom is -0.494 e. The Labute approximate surface area is 239 Å². The number of amides is 3. The van der Waals surface area contributed by atoms with E-state index in [-0.39, 0.29) is 18.1 Å². The molecule has 1 heterocycles. The van der Waals surface area contributed by atoms with Crippen LogP contribution < -0.4 is 14.8 Å². The molecular formula is C24H22I2N2O7S. The van der Waals surface area contributed by atoms with Gasteiger partial charge in [0.05, 0.1) is 25.3 Å². The molecule has 1 N–H and O–H groups in total. The second kappa shape index (κ2) is 13.3. The van der Waals surface area contributed by atoms with Crippen molar-refractivity contribution >= 4 is 91.7 Å². The number of nitrogens with zero attached hydrogens (tertiary/aromatic N) is 1. The summed E-state index contributed by atoms with van der Waals surface area (Å²) in [4.78, 5) is 50.4. The predicted molar refractivity (Wildman–Crippen MR) is 153 cm³/mol. The second-order valence-corrected chi connectivity index (χ2v) is 10.5. The summed E-state index contributed by atoms with van der Waals surface area (Å²) in [5.41, 5.74) is 1.21. The molecule has 1 fully saturated rings. The van der Waals surface area contributed by atoms with Crippen LogP contribution in [0.5, 0.6) is 11.5 Å². The van der Waals surface area contributed by atoms with E-state index in [4.69, 9.17) is 14.2 Å². The van der Waals surface area contributed by atoms with Gasteiger partial charge in [0.15, 0.2) is 6.61 Å². The number of hydrogen-bond donors (Lipinski definition) is 1. The molecule has 0 aliphatic carbocycles. The number of imide groups is 1. The molecule has 0 spiro atoms. The molecule has 190 valence electrons. The van der Waals surface area contributed by atoms with E-state index in [1.807, 2.05) is 6.92 Å². The monoisotopic (exact) mass is 736 g/mol. The van der Waals surface area contributed by atoms with Gasteiger partial charge in [-0.05, 0) is 119 Å². The summed E-state index contributed by atoms with van der Waals surface area (Å²) in [6.45, 7) is 3.79. The molecule has 2 aromatic carbocycles. The van der Waals surface area contributed by atoms with E-state index in [0.717, 1.165) is 23.8 Å². The van der Waals surface area contributed by atoms with Gasteiger partial charge in [0, 0.05) is 5.69 Å². The number of nitrogens with one attached hydrogen (secondary N) is 1. The number of halogens is 2. The Kier molecular flexibility index (Phi) is 10.4. The zero-order valence-corrected chi connectivity index (χ0v) is 24.5. The molecule has 0 aromatic heterocycles. The highest BCUT2D eigenvalue weighted by Crippen LogP contribution is 2.34. The lowest BCUT2D eigenvalue weighted by Gasteiger charge is -2.13. The first kappa shape index (κ1) is 28.2. The average Bonchev–Trinajstić information content (AvgIpc) is 3.07. The van der Waals surface area contributed by atoms with Gasteiger partial charge in [-0.15, -0.1) is 0 Å². The molecule has 0 atom stereocenters. The first-order chi connectivity index (χ1) is 17.2. The van der Waals surface area contributed by atoms with Crippen molar-refractivity contribution in [2.45, 2.75) is 13.8 Å². The molecule has 1 saturated heterocycles. The maximum atomic E-state index is 12.8. The fraction of sp³-hybridized carbons (Fsp3) is 0.250. The number of carbonyl (C=O) groups excluding carboxylic acids is 4. The van der Waals surface area contributed by atoms with Crippen molar-refractivity contribution in [2.75, 3.05) is 31.7 Å². The molecule has 2 aromatic rings. The van der Waals surface area contributed by atoms with Gasteiger partial charge in [-0.25, -0.2) is 4.79 Å². The van der Waals surface area contributed by atoms with Gasteiger partial charge in [0.25, 0.3) is 11.1 Å². The molecule has 12 heteroatoms. The number of esters is 1. The van der Waals surface area contributed by atoms with Gasteiger partial charge in [-0.1, -0.05) is 0 Å². The Morgan fingerprint density at radius 2 is 1.69 bits per heavy atom. The number of hydrogen-bond acceptors (Lipinski definition) is 8. The van der Waals surface area contributed by atoms with E-state index < -0.39 is 29.6 Å². The van der Waals surface area contributed by atoms with Crippen molar-refractivity contribution in [1.29, 1.82) is 0 Å². The van der Waals surface area contributed by atoms with E-state index in [1.54, 1.807) is 49.4 Å². The van der Waals surface area contributed by atoms with E-state index in [2.05, 4.69) is 50.5 Å². The highest BCUT2D eigenvalue weighted by Gasteiger charge is 2.36. The summed E-state index contributed by atoms with van der Waals surface area (Å²) >= 11 is 4.92. The van der Waals surface area contributed by atoms with Crippen molar-refractivity contribution in [3.63, 3.8) is 0 Å². The Morgan fingerprint density at radius 1 is 1.03 bits per heavy atom. The topological polar surface area (TPSA) is 111 Å². The molecule has 9 nitrogen and oxygen atoms in total. The van der Waals surface area contributed by atoms with Crippen LogP contribution in [-0.2, 0) is 19.1 Å². The Balaban J connectivity index is 1.65. The quantitative estimate of drug-likeness (QED) is 0.208. The molecule has 1 aliphatic rings. The number of benzene rings is 2. The summed E-state index contributed by atoms with van der Waals surface area (Å²) in [6, 6.07) is 10.3. The van der Waals surface area contributed by atoms with Gasteiger partial charge in [-0.3, -0.25) is 19.3 Å². The van der Waals surface area contributed by atoms with Crippen LogP contribution in [0.1, 0.15) is 19.4 Å². The first-order valence-corrected chi connectivity index (χ1v) is 13.7. The van der Waals surface area contributed by atoms with Crippen molar-refractivity contribution in [3.8, 4) is 11.5 Å². The van der Waals surface area contributed by atoms with Crippen molar-refractivity contribution in [1.82, 2.24) is 4.90 Å². The summed E-state index contributed by atoms with van der Waals surface area (Å²) in [7, 11) is 0. The summed E-state index contributed by atoms with van der Waals surface area (Å²) in [5, 5.41) is 2.15. The highest BCUT2D eigenvalue weighted by molar-refractivity contribution is 14.1. The maximum Gasteiger partial charge on any atom is 0.344 e. The number of anilines is 1. The minimum atomic E-state index is -0.542. The summed E-state index contributed by atoms with van der Waals surface area (Å²) in [6.07, 6.45) is 1.59. The number of ether oxygens (including phenoxy) is 3. The SMILES string of the molecule is CCOC(=O)COc1c(I)cc(/C=C2/SC(=O)N(CC(=O)Nc3ccc(OCC)cc3)C2=O)cc1I. The smallest absolute Gasteiger partial charge is 0.344 e. The largest absolute Gasteiger partial charge is 0.494 e. The molecule has 1 aliphatic heterocycles. The Morgan fingerprint density at radius 3 is 2.31 bits per heavy atom. The van der Waals surface area contributed by atoms with Gasteiger partial charge in [0.1, 0.15) is 18.0 Å². The van der Waals surface area contributed by atoms with Crippen LogP contribution in [0, 0.1) is 7.14 Å². The molecule has 3 amide bonds. The maximum absolute atomic E-state index is 12.8. The van der Waals surface area contributed by atoms with Gasteiger partial charge in [0.2, 0.25) is 5.91 Å². The molecule has 0 bridgehead atoms. The van der Waals surface area contributed by atoms with E-state index >= 15 is 0 Å². The Hall–Kier alpha value is -2.33. The normalized spacial score (nSPS) is 14.2. The molecular weight excluding hydrogens is 714 g/mol. The third kappa shape index (κ3) is 7.59. The number of thioether (sulfide) groups is 1. The lowest BCUT2D eigenvalue weighted by atomic mass is 10.2. The van der Waals surface area contributed by atoms with E-state index in [0.29, 0.717) is 29.4 Å². The Bertz CT molecular complexity index is 1180. The van der Waals surface area contributed by atoms with Crippen LogP contribution in [0.3, 0.4) is 0 Å². The van der Waals surface area contributed by atoms with E-state index in [1.165, 1.54) is 0 Å². The van der Waals surface area contributed by atoms with Crippen LogP contribution in [0.15, 0.2) is 41.3 Å². The lowest BCUT2D eigenvalue weighted by Crippen LogP contribution is -2.36. The fourth-order valence-electron chi connectivity index (χ4n) is 3.07.